The van der Waals surface area contributed by atoms with Crippen LogP contribution in [-0.2, 0) is 9.47 Å². The van der Waals surface area contributed by atoms with Crippen LogP contribution in [0.4, 0.5) is 0 Å². The van der Waals surface area contributed by atoms with Crippen molar-refractivity contribution in [3.05, 3.63) is 0 Å². The molecule has 0 spiro atoms. The minimum atomic E-state index is -0.0791. The van der Waals surface area contributed by atoms with Gasteiger partial charge in [-0.25, -0.2) is 0 Å². The Kier molecular flexibility index (Phi) is 4.39. The Morgan fingerprint density at radius 2 is 2.07 bits per heavy atom. The topological polar surface area (TPSA) is 18.5 Å². The van der Waals surface area contributed by atoms with Gasteiger partial charge in [-0.3, -0.25) is 0 Å². The van der Waals surface area contributed by atoms with Gasteiger partial charge in [0.15, 0.2) is 6.29 Å². The second-order valence-corrected chi connectivity index (χ2v) is 5.24. The molecule has 0 unspecified atom stereocenters. The number of rotatable bonds is 4. The summed E-state index contributed by atoms with van der Waals surface area (Å²) < 4.78 is 11.4. The molecule has 2 nitrogen and oxygen atoms in total. The SMILES string of the molecule is CCCC[C@H]1CO[C@@H](OC(C)(C)C)C1. The molecule has 1 saturated heterocycles. The van der Waals surface area contributed by atoms with E-state index in [1.807, 2.05) is 0 Å². The second kappa shape index (κ2) is 5.13. The van der Waals surface area contributed by atoms with Crippen LogP contribution in [0.1, 0.15) is 53.4 Å². The Labute approximate surface area is 88.0 Å². The fraction of sp³-hybridized carbons (Fsp3) is 1.00. The molecule has 1 fully saturated rings. The third-order valence-corrected chi connectivity index (χ3v) is 2.49. The summed E-state index contributed by atoms with van der Waals surface area (Å²) in [5.74, 6) is 0.724. The quantitative estimate of drug-likeness (QED) is 0.693. The molecule has 0 bridgehead atoms. The molecule has 1 heterocycles. The van der Waals surface area contributed by atoms with Crippen molar-refractivity contribution in [2.24, 2.45) is 5.92 Å². The van der Waals surface area contributed by atoms with E-state index in [9.17, 15) is 0 Å². The van der Waals surface area contributed by atoms with E-state index in [2.05, 4.69) is 27.7 Å². The molecule has 0 aromatic carbocycles. The molecule has 0 saturated carbocycles. The lowest BCUT2D eigenvalue weighted by Crippen LogP contribution is -2.26. The Morgan fingerprint density at radius 1 is 1.36 bits per heavy atom. The van der Waals surface area contributed by atoms with Crippen LogP contribution < -0.4 is 0 Å². The largest absolute Gasteiger partial charge is 0.352 e. The lowest BCUT2D eigenvalue weighted by Gasteiger charge is -2.23. The van der Waals surface area contributed by atoms with Gasteiger partial charge in [0.05, 0.1) is 12.2 Å². The van der Waals surface area contributed by atoms with Gasteiger partial charge in [0.25, 0.3) is 0 Å². The van der Waals surface area contributed by atoms with Crippen LogP contribution >= 0.6 is 0 Å². The fourth-order valence-corrected chi connectivity index (χ4v) is 1.82. The van der Waals surface area contributed by atoms with Gasteiger partial charge in [-0.05, 0) is 33.1 Å². The molecule has 0 aromatic heterocycles. The molecular formula is C12H24O2. The maximum atomic E-state index is 5.79. The normalized spacial score (nSPS) is 28.3. The predicted molar refractivity (Wildman–Crippen MR) is 58.2 cm³/mol. The van der Waals surface area contributed by atoms with E-state index in [1.165, 1.54) is 19.3 Å². The molecule has 1 aliphatic heterocycles. The zero-order valence-electron chi connectivity index (χ0n) is 10.0. The standard InChI is InChI=1S/C12H24O2/c1-5-6-7-10-8-11(13-9-10)14-12(2,3)4/h10-11H,5-9H2,1-4H3/t10-,11+/m1/s1. The van der Waals surface area contributed by atoms with Gasteiger partial charge in [-0.2, -0.15) is 0 Å². The van der Waals surface area contributed by atoms with Crippen LogP contribution in [0.25, 0.3) is 0 Å². The summed E-state index contributed by atoms with van der Waals surface area (Å²) in [5.41, 5.74) is -0.0791. The number of unbranched alkanes of at least 4 members (excludes halogenated alkanes) is 1. The molecule has 14 heavy (non-hydrogen) atoms. The summed E-state index contributed by atoms with van der Waals surface area (Å²) in [4.78, 5) is 0. The summed E-state index contributed by atoms with van der Waals surface area (Å²) in [5, 5.41) is 0. The smallest absolute Gasteiger partial charge is 0.158 e. The van der Waals surface area contributed by atoms with E-state index in [-0.39, 0.29) is 11.9 Å². The minimum absolute atomic E-state index is 0.0388. The van der Waals surface area contributed by atoms with E-state index in [1.54, 1.807) is 0 Å². The Balaban J connectivity index is 2.20. The van der Waals surface area contributed by atoms with Gasteiger partial charge in [-0.1, -0.05) is 19.8 Å². The molecule has 1 aliphatic rings. The molecule has 0 aromatic rings. The molecule has 84 valence electrons. The average Bonchev–Trinajstić information content (AvgIpc) is 2.46. The van der Waals surface area contributed by atoms with E-state index in [0.717, 1.165) is 18.9 Å². The van der Waals surface area contributed by atoms with Gasteiger partial charge in [0.2, 0.25) is 0 Å². The summed E-state index contributed by atoms with van der Waals surface area (Å²) >= 11 is 0. The van der Waals surface area contributed by atoms with Crippen LogP contribution in [0.2, 0.25) is 0 Å². The molecule has 2 atom stereocenters. The van der Waals surface area contributed by atoms with Crippen molar-refractivity contribution < 1.29 is 9.47 Å². The maximum absolute atomic E-state index is 5.79. The Morgan fingerprint density at radius 3 is 2.64 bits per heavy atom. The van der Waals surface area contributed by atoms with Crippen LogP contribution in [0.3, 0.4) is 0 Å². The predicted octanol–water partition coefficient (Wildman–Crippen LogP) is 3.35. The summed E-state index contributed by atoms with van der Waals surface area (Å²) in [6.07, 6.45) is 5.01. The van der Waals surface area contributed by atoms with Crippen molar-refractivity contribution >= 4 is 0 Å². The van der Waals surface area contributed by atoms with Crippen molar-refractivity contribution in [3.63, 3.8) is 0 Å². The van der Waals surface area contributed by atoms with Crippen molar-refractivity contribution in [2.45, 2.75) is 65.3 Å². The van der Waals surface area contributed by atoms with E-state index in [0.29, 0.717) is 0 Å². The maximum Gasteiger partial charge on any atom is 0.158 e. The molecule has 1 rings (SSSR count). The van der Waals surface area contributed by atoms with Gasteiger partial charge >= 0.3 is 0 Å². The second-order valence-electron chi connectivity index (χ2n) is 5.24. The zero-order valence-corrected chi connectivity index (χ0v) is 10.0. The molecule has 0 amide bonds. The third kappa shape index (κ3) is 4.43. The highest BCUT2D eigenvalue weighted by atomic mass is 16.7. The highest BCUT2D eigenvalue weighted by Gasteiger charge is 2.28. The van der Waals surface area contributed by atoms with Gasteiger partial charge in [0, 0.05) is 6.42 Å². The first kappa shape index (κ1) is 12.0. The first-order valence-electron chi connectivity index (χ1n) is 5.80. The van der Waals surface area contributed by atoms with Crippen LogP contribution in [0.15, 0.2) is 0 Å². The van der Waals surface area contributed by atoms with Gasteiger partial charge in [0.1, 0.15) is 0 Å². The Bertz CT molecular complexity index is 160. The lowest BCUT2D eigenvalue weighted by molar-refractivity contribution is -0.171. The van der Waals surface area contributed by atoms with Gasteiger partial charge in [-0.15, -0.1) is 0 Å². The van der Waals surface area contributed by atoms with Crippen LogP contribution in [0.5, 0.6) is 0 Å². The van der Waals surface area contributed by atoms with Crippen LogP contribution in [-0.4, -0.2) is 18.5 Å². The summed E-state index contributed by atoms with van der Waals surface area (Å²) in [6, 6.07) is 0. The number of ether oxygens (including phenoxy) is 2. The monoisotopic (exact) mass is 200 g/mol. The van der Waals surface area contributed by atoms with E-state index in [4.69, 9.17) is 9.47 Å². The van der Waals surface area contributed by atoms with Crippen molar-refractivity contribution in [2.75, 3.05) is 6.61 Å². The molecule has 0 radical (unpaired) electrons. The van der Waals surface area contributed by atoms with Crippen LogP contribution in [0, 0.1) is 5.92 Å². The van der Waals surface area contributed by atoms with E-state index >= 15 is 0 Å². The van der Waals surface area contributed by atoms with Crippen molar-refractivity contribution in [1.29, 1.82) is 0 Å². The minimum Gasteiger partial charge on any atom is -0.352 e. The first-order chi connectivity index (χ1) is 6.51. The van der Waals surface area contributed by atoms with Crippen molar-refractivity contribution in [3.8, 4) is 0 Å². The number of hydrogen-bond donors (Lipinski definition) is 0. The molecule has 0 N–H and O–H groups in total. The summed E-state index contributed by atoms with van der Waals surface area (Å²) in [7, 11) is 0. The molecule has 2 heteroatoms. The third-order valence-electron chi connectivity index (χ3n) is 2.49. The number of hydrogen-bond acceptors (Lipinski definition) is 2. The van der Waals surface area contributed by atoms with Crippen molar-refractivity contribution in [1.82, 2.24) is 0 Å². The first-order valence-corrected chi connectivity index (χ1v) is 5.80. The molecular weight excluding hydrogens is 176 g/mol. The highest BCUT2D eigenvalue weighted by Crippen LogP contribution is 2.27. The van der Waals surface area contributed by atoms with E-state index < -0.39 is 0 Å². The Hall–Kier alpha value is -0.0800. The average molecular weight is 200 g/mol. The zero-order chi connectivity index (χ0) is 10.6. The fourth-order valence-electron chi connectivity index (χ4n) is 1.82. The van der Waals surface area contributed by atoms with Gasteiger partial charge < -0.3 is 9.47 Å². The summed E-state index contributed by atoms with van der Waals surface area (Å²) in [6.45, 7) is 9.36. The highest BCUT2D eigenvalue weighted by molar-refractivity contribution is 4.71. The molecule has 0 aliphatic carbocycles. The lowest BCUT2D eigenvalue weighted by atomic mass is 10.0.